The van der Waals surface area contributed by atoms with Gasteiger partial charge in [0.05, 0.1) is 28.3 Å². The second-order valence-electron chi connectivity index (χ2n) is 5.75. The highest BCUT2D eigenvalue weighted by Crippen LogP contribution is 2.24. The van der Waals surface area contributed by atoms with Crippen molar-refractivity contribution in [1.29, 1.82) is 0 Å². The van der Waals surface area contributed by atoms with Crippen LogP contribution in [0.25, 0.3) is 11.0 Å². The lowest BCUT2D eigenvalue weighted by Crippen LogP contribution is -2.15. The Morgan fingerprint density at radius 2 is 2.15 bits per heavy atom. The number of nitrogens with one attached hydrogen (secondary N) is 2. The highest BCUT2D eigenvalue weighted by atomic mass is 32.2. The Kier molecular flexibility index (Phi) is 5.60. The molecule has 0 spiro atoms. The number of H-pyrrole nitrogens is 1. The summed E-state index contributed by atoms with van der Waals surface area (Å²) < 4.78 is 5.46. The number of amides is 1. The highest BCUT2D eigenvalue weighted by Gasteiger charge is 2.12. The van der Waals surface area contributed by atoms with Crippen LogP contribution in [0.3, 0.4) is 0 Å². The van der Waals surface area contributed by atoms with E-state index in [0.717, 1.165) is 16.8 Å². The van der Waals surface area contributed by atoms with Crippen LogP contribution >= 0.6 is 11.8 Å². The zero-order valence-corrected chi connectivity index (χ0v) is 15.6. The summed E-state index contributed by atoms with van der Waals surface area (Å²) in [6.07, 6.45) is 0. The van der Waals surface area contributed by atoms with Gasteiger partial charge in [-0.2, -0.15) is 0 Å². The number of aryl methyl sites for hydroxylation is 1. The van der Waals surface area contributed by atoms with Crippen LogP contribution in [0.1, 0.15) is 12.5 Å². The Morgan fingerprint density at radius 1 is 1.33 bits per heavy atom. The molecule has 0 aliphatic rings. The van der Waals surface area contributed by atoms with Crippen molar-refractivity contribution in [2.45, 2.75) is 19.0 Å². The first-order chi connectivity index (χ1) is 13.0. The number of aromatic nitrogens is 2. The van der Waals surface area contributed by atoms with Crippen molar-refractivity contribution in [3.05, 3.63) is 52.1 Å². The number of fused-ring (bicyclic) bond motifs is 1. The van der Waals surface area contributed by atoms with E-state index >= 15 is 0 Å². The number of carbonyl (C=O) groups is 1. The number of imidazole rings is 1. The predicted octanol–water partition coefficient (Wildman–Crippen LogP) is 3.91. The summed E-state index contributed by atoms with van der Waals surface area (Å²) in [6.45, 7) is 4.22. The van der Waals surface area contributed by atoms with Crippen molar-refractivity contribution >= 4 is 40.1 Å². The van der Waals surface area contributed by atoms with Crippen LogP contribution in [0.15, 0.2) is 41.6 Å². The Hall–Kier alpha value is -3.07. The molecular formula is C18H18N4O4S. The first-order valence-electron chi connectivity index (χ1n) is 8.26. The summed E-state index contributed by atoms with van der Waals surface area (Å²) in [5, 5.41) is 14.2. The fourth-order valence-electron chi connectivity index (χ4n) is 2.51. The normalized spacial score (nSPS) is 10.7. The first-order valence-corrected chi connectivity index (χ1v) is 9.25. The van der Waals surface area contributed by atoms with Gasteiger partial charge in [-0.05, 0) is 37.6 Å². The molecule has 1 amide bonds. The van der Waals surface area contributed by atoms with E-state index in [9.17, 15) is 14.9 Å². The van der Waals surface area contributed by atoms with E-state index in [-0.39, 0.29) is 17.3 Å². The van der Waals surface area contributed by atoms with Crippen LogP contribution in [0, 0.1) is 17.0 Å². The number of ether oxygens (including phenoxy) is 1. The number of nitro benzene ring substituents is 1. The molecular weight excluding hydrogens is 368 g/mol. The van der Waals surface area contributed by atoms with Gasteiger partial charge in [0.25, 0.3) is 5.69 Å². The molecule has 3 aromatic rings. The van der Waals surface area contributed by atoms with Crippen LogP contribution in [-0.4, -0.2) is 33.2 Å². The van der Waals surface area contributed by atoms with Crippen LogP contribution in [0.2, 0.25) is 0 Å². The van der Waals surface area contributed by atoms with Gasteiger partial charge >= 0.3 is 0 Å². The van der Waals surface area contributed by atoms with Gasteiger partial charge < -0.3 is 15.0 Å². The Morgan fingerprint density at radius 3 is 2.85 bits per heavy atom. The van der Waals surface area contributed by atoms with E-state index in [4.69, 9.17) is 4.74 Å². The minimum absolute atomic E-state index is 0.00595. The topological polar surface area (TPSA) is 110 Å². The number of hydrogen-bond donors (Lipinski definition) is 2. The molecule has 0 fully saturated rings. The minimum Gasteiger partial charge on any atom is -0.494 e. The smallest absolute Gasteiger partial charge is 0.269 e. The maximum atomic E-state index is 12.2. The number of hydrogen-bond acceptors (Lipinski definition) is 6. The molecule has 0 aliphatic heterocycles. The van der Waals surface area contributed by atoms with E-state index in [2.05, 4.69) is 15.3 Å². The number of nitrogens with zero attached hydrogens (tertiary/aromatic N) is 2. The molecule has 0 saturated carbocycles. The molecule has 0 atom stereocenters. The number of rotatable bonds is 7. The summed E-state index contributed by atoms with van der Waals surface area (Å²) in [7, 11) is 0. The van der Waals surface area contributed by atoms with E-state index in [1.54, 1.807) is 6.92 Å². The highest BCUT2D eigenvalue weighted by molar-refractivity contribution is 7.99. The monoisotopic (exact) mass is 386 g/mol. The van der Waals surface area contributed by atoms with E-state index in [1.165, 1.54) is 30.0 Å². The number of anilines is 1. The third kappa shape index (κ3) is 4.56. The second-order valence-corrected chi connectivity index (χ2v) is 6.71. The molecule has 0 aliphatic carbocycles. The van der Waals surface area contributed by atoms with Crippen molar-refractivity contribution in [3.8, 4) is 5.75 Å². The molecule has 0 unspecified atom stereocenters. The number of aromatic amines is 1. The van der Waals surface area contributed by atoms with Gasteiger partial charge in [0.15, 0.2) is 5.16 Å². The number of nitro groups is 1. The molecule has 0 saturated heterocycles. The molecule has 1 aromatic heterocycles. The number of non-ortho nitro benzene ring substituents is 1. The number of thioether (sulfide) groups is 1. The van der Waals surface area contributed by atoms with E-state index < -0.39 is 4.92 Å². The van der Waals surface area contributed by atoms with Crippen molar-refractivity contribution in [1.82, 2.24) is 9.97 Å². The van der Waals surface area contributed by atoms with Crippen LogP contribution in [-0.2, 0) is 4.79 Å². The van der Waals surface area contributed by atoms with Gasteiger partial charge in [0.2, 0.25) is 5.91 Å². The molecule has 2 N–H and O–H groups in total. The molecule has 3 rings (SSSR count). The zero-order valence-electron chi connectivity index (χ0n) is 14.8. The standard InChI is InChI=1S/C18H18N4O4S/c1-3-26-13-5-7-15-16(9-13)21-18(20-15)27-10-17(23)19-14-6-4-12(22(24)25)8-11(14)2/h4-9H,3,10H2,1-2H3,(H,19,23)(H,20,21). The van der Waals surface area contributed by atoms with Gasteiger partial charge in [0.1, 0.15) is 5.75 Å². The van der Waals surface area contributed by atoms with Gasteiger partial charge in [0, 0.05) is 23.9 Å². The average molecular weight is 386 g/mol. The lowest BCUT2D eigenvalue weighted by molar-refractivity contribution is -0.384. The summed E-state index contributed by atoms with van der Waals surface area (Å²) in [5.41, 5.74) is 2.82. The van der Waals surface area contributed by atoms with Crippen molar-refractivity contribution in [3.63, 3.8) is 0 Å². The molecule has 1 heterocycles. The molecule has 27 heavy (non-hydrogen) atoms. The fraction of sp³-hybridized carbons (Fsp3) is 0.222. The summed E-state index contributed by atoms with van der Waals surface area (Å²) >= 11 is 1.28. The van der Waals surface area contributed by atoms with Crippen LogP contribution in [0.4, 0.5) is 11.4 Å². The van der Waals surface area contributed by atoms with Gasteiger partial charge in [-0.1, -0.05) is 11.8 Å². The lowest BCUT2D eigenvalue weighted by Gasteiger charge is -2.07. The van der Waals surface area contributed by atoms with Crippen molar-refractivity contribution < 1.29 is 14.5 Å². The summed E-state index contributed by atoms with van der Waals surface area (Å²) in [6, 6.07) is 9.91. The third-order valence-corrected chi connectivity index (χ3v) is 4.65. The van der Waals surface area contributed by atoms with Gasteiger partial charge in [-0.15, -0.1) is 0 Å². The van der Waals surface area contributed by atoms with E-state index in [0.29, 0.717) is 23.0 Å². The van der Waals surface area contributed by atoms with Gasteiger partial charge in [-0.25, -0.2) is 4.98 Å². The van der Waals surface area contributed by atoms with Crippen LogP contribution in [0.5, 0.6) is 5.75 Å². The van der Waals surface area contributed by atoms with E-state index in [1.807, 2.05) is 25.1 Å². The summed E-state index contributed by atoms with van der Waals surface area (Å²) in [5.74, 6) is 0.707. The summed E-state index contributed by atoms with van der Waals surface area (Å²) in [4.78, 5) is 30.1. The fourth-order valence-corrected chi connectivity index (χ4v) is 3.20. The quantitative estimate of drug-likeness (QED) is 0.362. The van der Waals surface area contributed by atoms with Crippen molar-refractivity contribution in [2.24, 2.45) is 0 Å². The van der Waals surface area contributed by atoms with Gasteiger partial charge in [-0.3, -0.25) is 14.9 Å². The molecule has 8 nitrogen and oxygen atoms in total. The lowest BCUT2D eigenvalue weighted by atomic mass is 10.2. The average Bonchev–Trinajstić information content (AvgIpc) is 3.04. The molecule has 140 valence electrons. The molecule has 9 heteroatoms. The molecule has 2 aromatic carbocycles. The molecule has 0 radical (unpaired) electrons. The van der Waals surface area contributed by atoms with Crippen molar-refractivity contribution in [2.75, 3.05) is 17.7 Å². The Labute approximate surface area is 159 Å². The maximum Gasteiger partial charge on any atom is 0.269 e. The Balaban J connectivity index is 1.62. The maximum absolute atomic E-state index is 12.2. The SMILES string of the molecule is CCOc1ccc2nc(SCC(=O)Nc3ccc([N+](=O)[O-])cc3C)[nH]c2c1. The second kappa shape index (κ2) is 8.09. The number of carbonyl (C=O) groups excluding carboxylic acids is 1. The zero-order chi connectivity index (χ0) is 19.4. The molecule has 0 bridgehead atoms. The first kappa shape index (κ1) is 18.7. The Bertz CT molecular complexity index is 1000. The minimum atomic E-state index is -0.465. The third-order valence-electron chi connectivity index (χ3n) is 3.78. The van der Waals surface area contributed by atoms with Crippen LogP contribution < -0.4 is 10.1 Å². The largest absolute Gasteiger partial charge is 0.494 e. The predicted molar refractivity (Wildman–Crippen MR) is 104 cm³/mol. The number of benzene rings is 2.